The second-order valence-electron chi connectivity index (χ2n) is 11.9. The van der Waals surface area contributed by atoms with Crippen LogP contribution in [-0.2, 0) is 29.2 Å². The summed E-state index contributed by atoms with van der Waals surface area (Å²) in [6.07, 6.45) is -2.14. The zero-order valence-corrected chi connectivity index (χ0v) is 25.2. The Morgan fingerprint density at radius 3 is 1.88 bits per heavy atom. The lowest BCUT2D eigenvalue weighted by molar-refractivity contribution is -0.142. The van der Waals surface area contributed by atoms with Gasteiger partial charge in [-0.3, -0.25) is 9.59 Å². The molecule has 12 heteroatoms. The Hall–Kier alpha value is -4.35. The van der Waals surface area contributed by atoms with Gasteiger partial charge in [0.1, 0.15) is 22.6 Å². The Labute approximate surface area is 240 Å². The van der Waals surface area contributed by atoms with Crippen molar-refractivity contribution < 1.29 is 38.5 Å². The van der Waals surface area contributed by atoms with Crippen molar-refractivity contribution >= 4 is 35.5 Å². The highest BCUT2D eigenvalue weighted by atomic mass is 16.6. The van der Waals surface area contributed by atoms with E-state index < -0.39 is 46.5 Å². The molecule has 0 atom stereocenters. The van der Waals surface area contributed by atoms with Crippen molar-refractivity contribution in [3.8, 4) is 0 Å². The standard InChI is InChI=1S/C29H40N4O8/c1-17(39-10)31-20-15-16-32(19-13-11-18(12-14-19)29(8,9)24(35)36)23(34)21(20)22(30)33(25(37)40-27(2,3)4)26(38)41-28(5,6)7/h11-14H,1,15-16,30H2,2-10H3,(H,35,36)/b22-21-,31-20-. The van der Waals surface area contributed by atoms with Gasteiger partial charge in [0.25, 0.3) is 5.91 Å². The average molecular weight is 573 g/mol. The predicted molar refractivity (Wildman–Crippen MR) is 153 cm³/mol. The van der Waals surface area contributed by atoms with Crippen molar-refractivity contribution in [1.29, 1.82) is 0 Å². The lowest BCUT2D eigenvalue weighted by Crippen LogP contribution is -2.49. The minimum absolute atomic E-state index is 0.0205. The molecule has 1 aromatic rings. The second kappa shape index (κ2) is 12.0. The molecule has 0 spiro atoms. The number of benzene rings is 1. The second-order valence-corrected chi connectivity index (χ2v) is 11.9. The fourth-order valence-electron chi connectivity index (χ4n) is 3.69. The third-order valence-corrected chi connectivity index (χ3v) is 5.90. The summed E-state index contributed by atoms with van der Waals surface area (Å²) in [6.45, 7) is 16.7. The number of carbonyl (C=O) groups is 4. The van der Waals surface area contributed by atoms with Gasteiger partial charge in [0.2, 0.25) is 5.88 Å². The number of amides is 3. The van der Waals surface area contributed by atoms with E-state index in [0.717, 1.165) is 0 Å². The number of hydrogen-bond donors (Lipinski definition) is 2. The summed E-state index contributed by atoms with van der Waals surface area (Å²) >= 11 is 0. The van der Waals surface area contributed by atoms with E-state index in [1.165, 1.54) is 12.0 Å². The minimum atomic E-state index is -1.15. The summed E-state index contributed by atoms with van der Waals surface area (Å²) in [4.78, 5) is 58.2. The van der Waals surface area contributed by atoms with Gasteiger partial charge < -0.3 is 30.0 Å². The highest BCUT2D eigenvalue weighted by molar-refractivity contribution is 6.29. The van der Waals surface area contributed by atoms with Gasteiger partial charge in [0.05, 0.1) is 18.2 Å². The Kier molecular flexibility index (Phi) is 9.64. The summed E-state index contributed by atoms with van der Waals surface area (Å²) in [6, 6.07) is 6.46. The summed E-state index contributed by atoms with van der Waals surface area (Å²) in [7, 11) is 1.35. The number of carbonyl (C=O) groups excluding carboxylic acids is 3. The van der Waals surface area contributed by atoms with E-state index in [-0.39, 0.29) is 30.1 Å². The molecule has 224 valence electrons. The van der Waals surface area contributed by atoms with Gasteiger partial charge in [-0.25, -0.2) is 14.6 Å². The van der Waals surface area contributed by atoms with Crippen molar-refractivity contribution in [2.75, 3.05) is 18.6 Å². The number of hydrogen-bond acceptors (Lipinski definition) is 9. The molecule has 0 bridgehead atoms. The molecule has 2 rings (SSSR count). The van der Waals surface area contributed by atoms with Crippen molar-refractivity contribution in [2.45, 2.75) is 78.4 Å². The lowest BCUT2D eigenvalue weighted by Gasteiger charge is -2.33. The van der Waals surface area contributed by atoms with Crippen LogP contribution < -0.4 is 10.6 Å². The van der Waals surface area contributed by atoms with Crippen LogP contribution in [0.4, 0.5) is 15.3 Å². The van der Waals surface area contributed by atoms with Crippen LogP contribution in [0.15, 0.2) is 53.1 Å². The quantitative estimate of drug-likeness (QED) is 0.364. The van der Waals surface area contributed by atoms with Crippen molar-refractivity contribution in [2.24, 2.45) is 10.7 Å². The van der Waals surface area contributed by atoms with Crippen LogP contribution in [0.2, 0.25) is 0 Å². The van der Waals surface area contributed by atoms with Crippen LogP contribution in [0.5, 0.6) is 0 Å². The molecule has 0 aliphatic carbocycles. The Morgan fingerprint density at radius 2 is 1.46 bits per heavy atom. The topological polar surface area (TPSA) is 161 Å². The number of carboxylic acids is 1. The van der Waals surface area contributed by atoms with E-state index in [4.69, 9.17) is 19.9 Å². The number of methoxy groups -OCH3 is 1. The Bertz CT molecular complexity index is 1250. The molecule has 0 aromatic heterocycles. The molecule has 1 aliphatic heterocycles. The zero-order valence-electron chi connectivity index (χ0n) is 25.2. The highest BCUT2D eigenvalue weighted by Crippen LogP contribution is 2.30. The number of nitrogens with zero attached hydrogens (tertiary/aromatic N) is 3. The van der Waals surface area contributed by atoms with Gasteiger partial charge in [-0.2, -0.15) is 4.90 Å². The molecule has 1 aromatic carbocycles. The summed E-state index contributed by atoms with van der Waals surface area (Å²) in [5.74, 6) is -2.23. The van der Waals surface area contributed by atoms with Gasteiger partial charge in [0, 0.05) is 18.7 Å². The number of anilines is 1. The van der Waals surface area contributed by atoms with Crippen LogP contribution >= 0.6 is 0 Å². The summed E-state index contributed by atoms with van der Waals surface area (Å²) < 4.78 is 15.9. The van der Waals surface area contributed by atoms with E-state index in [0.29, 0.717) is 16.2 Å². The maximum absolute atomic E-state index is 14.0. The van der Waals surface area contributed by atoms with Gasteiger partial charge >= 0.3 is 18.2 Å². The molecule has 3 N–H and O–H groups in total. The maximum atomic E-state index is 14.0. The number of aliphatic imine (C=N–C) groups is 1. The van der Waals surface area contributed by atoms with E-state index in [2.05, 4.69) is 11.6 Å². The number of rotatable bonds is 6. The van der Waals surface area contributed by atoms with Gasteiger partial charge in [-0.1, -0.05) is 12.1 Å². The number of ether oxygens (including phenoxy) is 3. The molecule has 1 aliphatic rings. The van der Waals surface area contributed by atoms with Crippen LogP contribution in [0.1, 0.15) is 67.4 Å². The molecule has 0 unspecified atom stereocenters. The summed E-state index contributed by atoms with van der Waals surface area (Å²) in [5, 5.41) is 9.56. The molecule has 3 amide bonds. The molecule has 12 nitrogen and oxygen atoms in total. The molecule has 1 saturated heterocycles. The number of imide groups is 1. The van der Waals surface area contributed by atoms with Gasteiger partial charge in [-0.05, 0) is 79.7 Å². The smallest absolute Gasteiger partial charge is 0.425 e. The molecular weight excluding hydrogens is 532 g/mol. The number of nitrogens with two attached hydrogens (primary N) is 1. The monoisotopic (exact) mass is 572 g/mol. The molecule has 1 heterocycles. The minimum Gasteiger partial charge on any atom is -0.481 e. The summed E-state index contributed by atoms with van der Waals surface area (Å²) in [5.41, 5.74) is 4.13. The van der Waals surface area contributed by atoms with Crippen molar-refractivity contribution in [3.05, 3.63) is 53.7 Å². The fraction of sp³-hybridized carbons (Fsp3) is 0.483. The first kappa shape index (κ1) is 32.9. The molecule has 0 saturated carbocycles. The lowest BCUT2D eigenvalue weighted by atomic mass is 9.85. The SMILES string of the molecule is C=C(/N=C1/CCN(c2ccc(C(C)(C)C(=O)O)cc2)C(=O)/C1=C(/N)N(C(=O)OC(C)(C)C)C(=O)OC(C)(C)C)OC. The first-order valence-electron chi connectivity index (χ1n) is 12.9. The molecule has 0 radical (unpaired) electrons. The van der Waals surface area contributed by atoms with Gasteiger partial charge in [0.15, 0.2) is 0 Å². The third kappa shape index (κ3) is 8.09. The van der Waals surface area contributed by atoms with Crippen LogP contribution in [0.25, 0.3) is 0 Å². The van der Waals surface area contributed by atoms with E-state index in [9.17, 15) is 24.3 Å². The van der Waals surface area contributed by atoms with Crippen molar-refractivity contribution in [1.82, 2.24) is 4.90 Å². The molecule has 41 heavy (non-hydrogen) atoms. The first-order chi connectivity index (χ1) is 18.7. The van der Waals surface area contributed by atoms with Crippen molar-refractivity contribution in [3.63, 3.8) is 0 Å². The normalized spacial score (nSPS) is 16.7. The van der Waals surface area contributed by atoms with Crippen LogP contribution in [0, 0.1) is 0 Å². The zero-order chi connectivity index (χ0) is 31.5. The van der Waals surface area contributed by atoms with Gasteiger partial charge in [-0.15, -0.1) is 0 Å². The van der Waals surface area contributed by atoms with E-state index in [1.807, 2.05) is 0 Å². The van der Waals surface area contributed by atoms with Crippen LogP contribution in [-0.4, -0.2) is 64.6 Å². The molecule has 1 fully saturated rings. The fourth-order valence-corrected chi connectivity index (χ4v) is 3.69. The largest absolute Gasteiger partial charge is 0.481 e. The average Bonchev–Trinajstić information content (AvgIpc) is 2.81. The molecular formula is C29H40N4O8. The van der Waals surface area contributed by atoms with E-state index >= 15 is 0 Å². The van der Waals surface area contributed by atoms with Crippen LogP contribution in [0.3, 0.4) is 0 Å². The number of carboxylic acid groups (broad SMARTS) is 1. The number of aliphatic carboxylic acids is 1. The van der Waals surface area contributed by atoms with E-state index in [1.54, 1.807) is 79.7 Å². The Morgan fingerprint density at radius 1 is 0.976 bits per heavy atom. The Balaban J connectivity index is 2.71. The first-order valence-corrected chi connectivity index (χ1v) is 12.9. The predicted octanol–water partition coefficient (Wildman–Crippen LogP) is 4.69. The highest BCUT2D eigenvalue weighted by Gasteiger charge is 2.40. The maximum Gasteiger partial charge on any atom is 0.425 e. The number of piperidine rings is 1. The third-order valence-electron chi connectivity index (χ3n) is 5.90.